The Balaban J connectivity index is 1.32. The van der Waals surface area contributed by atoms with Gasteiger partial charge in [-0.2, -0.15) is 0 Å². The highest BCUT2D eigenvalue weighted by Crippen LogP contribution is 2.66. The number of fused-ring (bicyclic) bond motifs is 5. The molecule has 0 saturated heterocycles. The number of Topliss-reactive ketones (excluding diaryl/α,β-unsaturated/α-hetero) is 1. The summed E-state index contributed by atoms with van der Waals surface area (Å²) in [6.45, 7) is 6.10. The average Bonchev–Trinajstić information content (AvgIpc) is 3.19. The third-order valence-corrected chi connectivity index (χ3v) is 9.85. The highest BCUT2D eigenvalue weighted by molar-refractivity contribution is 6.01. The molecule has 186 valence electrons. The van der Waals surface area contributed by atoms with E-state index in [2.05, 4.69) is 13.8 Å². The Hall–Kier alpha value is -2.53. The largest absolute Gasteiger partial charge is 0.454 e. The van der Waals surface area contributed by atoms with Crippen molar-refractivity contribution in [3.63, 3.8) is 0 Å². The molecule has 0 radical (unpaired) electrons. The second kappa shape index (κ2) is 8.85. The second-order valence-corrected chi connectivity index (χ2v) is 11.5. The molecule has 7 unspecified atom stereocenters. The Labute approximate surface area is 207 Å². The van der Waals surface area contributed by atoms with Crippen molar-refractivity contribution < 1.29 is 24.2 Å². The van der Waals surface area contributed by atoms with Gasteiger partial charge in [0.05, 0.1) is 11.7 Å². The number of hydrogen-bond donors (Lipinski definition) is 1. The smallest absolute Gasteiger partial charge is 0.338 e. The molecule has 1 aromatic carbocycles. The van der Waals surface area contributed by atoms with Crippen LogP contribution in [-0.4, -0.2) is 35.4 Å². The van der Waals surface area contributed by atoms with Gasteiger partial charge in [-0.15, -0.1) is 0 Å². The molecule has 0 bridgehead atoms. The lowest BCUT2D eigenvalue weighted by molar-refractivity contribution is -0.141. The Kier molecular flexibility index (Phi) is 6.11. The molecule has 35 heavy (non-hydrogen) atoms. The number of carbonyl (C=O) groups is 3. The van der Waals surface area contributed by atoms with Crippen LogP contribution in [0.4, 0.5) is 0 Å². The molecule has 5 rings (SSSR count). The Bertz CT molecular complexity index is 1120. The molecule has 0 heterocycles. The van der Waals surface area contributed by atoms with E-state index in [1.54, 1.807) is 18.2 Å². The Morgan fingerprint density at radius 1 is 1.14 bits per heavy atom. The van der Waals surface area contributed by atoms with Crippen molar-refractivity contribution >= 4 is 17.5 Å². The van der Waals surface area contributed by atoms with Crippen LogP contribution in [-0.2, 0) is 20.7 Å². The number of aryl methyl sites for hydroxylation is 1. The van der Waals surface area contributed by atoms with Crippen molar-refractivity contribution in [1.82, 2.24) is 0 Å². The maximum absolute atomic E-state index is 13.4. The molecule has 0 aliphatic heterocycles. The van der Waals surface area contributed by atoms with Crippen LogP contribution in [0.3, 0.4) is 0 Å². The van der Waals surface area contributed by atoms with E-state index in [4.69, 9.17) is 4.74 Å². The fraction of sp³-hybridized carbons (Fsp3) is 0.567. The van der Waals surface area contributed by atoms with Gasteiger partial charge in [-0.3, -0.25) is 9.59 Å². The van der Waals surface area contributed by atoms with E-state index in [-0.39, 0.29) is 40.8 Å². The van der Waals surface area contributed by atoms with Crippen molar-refractivity contribution in [3.8, 4) is 0 Å². The van der Waals surface area contributed by atoms with Crippen molar-refractivity contribution in [2.45, 2.75) is 65.4 Å². The summed E-state index contributed by atoms with van der Waals surface area (Å²) in [5, 5.41) is 11.5. The third kappa shape index (κ3) is 3.83. The highest BCUT2D eigenvalue weighted by Gasteiger charge is 2.62. The average molecular weight is 477 g/mol. The van der Waals surface area contributed by atoms with Gasteiger partial charge in [-0.25, -0.2) is 4.79 Å². The summed E-state index contributed by atoms with van der Waals surface area (Å²) in [5.74, 6) is 0.0406. The Morgan fingerprint density at radius 2 is 1.91 bits per heavy atom. The van der Waals surface area contributed by atoms with Crippen LogP contribution < -0.4 is 0 Å². The summed E-state index contributed by atoms with van der Waals surface area (Å²) >= 11 is 0. The van der Waals surface area contributed by atoms with Gasteiger partial charge in [0.15, 0.2) is 18.2 Å². The molecule has 3 saturated carbocycles. The molecular weight excluding hydrogens is 440 g/mol. The van der Waals surface area contributed by atoms with Crippen LogP contribution in [0.2, 0.25) is 0 Å². The molecule has 0 amide bonds. The Morgan fingerprint density at radius 3 is 2.69 bits per heavy atom. The molecule has 4 aliphatic rings. The maximum Gasteiger partial charge on any atom is 0.338 e. The van der Waals surface area contributed by atoms with E-state index in [1.165, 1.54) is 0 Å². The van der Waals surface area contributed by atoms with E-state index in [0.29, 0.717) is 23.8 Å². The van der Waals surface area contributed by atoms with Gasteiger partial charge < -0.3 is 9.84 Å². The normalized spacial score (nSPS) is 37.7. The zero-order chi connectivity index (χ0) is 25.0. The lowest BCUT2D eigenvalue weighted by Gasteiger charge is -2.58. The lowest BCUT2D eigenvalue weighted by atomic mass is 9.46. The van der Waals surface area contributed by atoms with Crippen LogP contribution in [0.1, 0.15) is 68.8 Å². The number of aliphatic hydroxyl groups is 1. The van der Waals surface area contributed by atoms with Gasteiger partial charge in [-0.05, 0) is 79.6 Å². The highest BCUT2D eigenvalue weighted by atomic mass is 16.5. The molecule has 0 spiro atoms. The van der Waals surface area contributed by atoms with Gasteiger partial charge in [-0.1, -0.05) is 50.6 Å². The molecule has 0 aromatic heterocycles. The van der Waals surface area contributed by atoms with Gasteiger partial charge >= 0.3 is 5.97 Å². The predicted octanol–water partition coefficient (Wildman–Crippen LogP) is 4.87. The number of carbonyl (C=O) groups excluding carboxylic acids is 3. The van der Waals surface area contributed by atoms with E-state index in [9.17, 15) is 19.5 Å². The quantitative estimate of drug-likeness (QED) is 0.613. The summed E-state index contributed by atoms with van der Waals surface area (Å²) in [5.41, 5.74) is 1.96. The maximum atomic E-state index is 13.4. The fourth-order valence-electron chi connectivity index (χ4n) is 8.20. The van der Waals surface area contributed by atoms with Crippen molar-refractivity contribution in [2.75, 3.05) is 6.61 Å². The first kappa shape index (κ1) is 24.2. The molecule has 5 nitrogen and oxygen atoms in total. The number of hydrogen-bond acceptors (Lipinski definition) is 5. The van der Waals surface area contributed by atoms with E-state index in [0.717, 1.165) is 43.2 Å². The van der Waals surface area contributed by atoms with Gasteiger partial charge in [0, 0.05) is 17.3 Å². The summed E-state index contributed by atoms with van der Waals surface area (Å²) in [6, 6.07) is 7.36. The molecule has 5 heteroatoms. The van der Waals surface area contributed by atoms with Crippen LogP contribution in [0.25, 0.3) is 0 Å². The first-order chi connectivity index (χ1) is 16.7. The monoisotopic (exact) mass is 476 g/mol. The first-order valence-corrected chi connectivity index (χ1v) is 13.1. The number of ether oxygens (including phenoxy) is 1. The fourth-order valence-corrected chi connectivity index (χ4v) is 8.20. The van der Waals surface area contributed by atoms with E-state index in [1.807, 2.05) is 31.2 Å². The minimum absolute atomic E-state index is 0.0336. The molecule has 4 aliphatic carbocycles. The third-order valence-electron chi connectivity index (χ3n) is 9.85. The van der Waals surface area contributed by atoms with Gasteiger partial charge in [0.2, 0.25) is 0 Å². The first-order valence-electron chi connectivity index (χ1n) is 13.1. The van der Waals surface area contributed by atoms with Crippen molar-refractivity contribution in [2.24, 2.45) is 34.5 Å². The molecule has 1 N–H and O–H groups in total. The van der Waals surface area contributed by atoms with Crippen LogP contribution >= 0.6 is 0 Å². The van der Waals surface area contributed by atoms with E-state index < -0.39 is 12.1 Å². The topological polar surface area (TPSA) is 80.7 Å². The summed E-state index contributed by atoms with van der Waals surface area (Å²) in [7, 11) is 0. The van der Waals surface area contributed by atoms with Crippen LogP contribution in [0, 0.1) is 34.5 Å². The SMILES string of the molecule is CCc1ccccc1C(=O)OCC(=O)C1CCC2C3CCC4=CC(=O)C=CC4(C)C3C(O)CC12C. The predicted molar refractivity (Wildman–Crippen MR) is 133 cm³/mol. The minimum Gasteiger partial charge on any atom is -0.454 e. The number of allylic oxidation sites excluding steroid dienone is 4. The minimum atomic E-state index is -0.541. The molecule has 3 fully saturated rings. The zero-order valence-corrected chi connectivity index (χ0v) is 21.0. The molecular formula is C30H36O5. The standard InChI is InChI=1S/C30H36O5/c1-4-18-7-5-6-8-21(18)28(34)35-17-26(33)24-12-11-23-22-10-9-19-15-20(31)13-14-29(19,2)27(22)25(32)16-30(23,24)3/h5-8,13-15,22-25,27,32H,4,9-12,16-17H2,1-3H3. The van der Waals surface area contributed by atoms with Crippen LogP contribution in [0.15, 0.2) is 48.1 Å². The molecule has 1 aromatic rings. The van der Waals surface area contributed by atoms with E-state index >= 15 is 0 Å². The van der Waals surface area contributed by atoms with Gasteiger partial charge in [0.1, 0.15) is 0 Å². The second-order valence-electron chi connectivity index (χ2n) is 11.5. The molecule has 7 atom stereocenters. The summed E-state index contributed by atoms with van der Waals surface area (Å²) in [6.07, 6.45) is 9.69. The number of rotatable bonds is 5. The number of aliphatic hydroxyl groups excluding tert-OH is 1. The lowest BCUT2D eigenvalue weighted by Crippen LogP contribution is -2.56. The number of esters is 1. The van der Waals surface area contributed by atoms with Crippen molar-refractivity contribution in [1.29, 1.82) is 0 Å². The summed E-state index contributed by atoms with van der Waals surface area (Å²) < 4.78 is 5.50. The van der Waals surface area contributed by atoms with Gasteiger partial charge in [0.25, 0.3) is 0 Å². The number of benzene rings is 1. The van der Waals surface area contributed by atoms with Crippen molar-refractivity contribution in [3.05, 3.63) is 59.2 Å². The number of ketones is 2. The zero-order valence-electron chi connectivity index (χ0n) is 21.0. The van der Waals surface area contributed by atoms with Crippen LogP contribution in [0.5, 0.6) is 0 Å². The summed E-state index contributed by atoms with van der Waals surface area (Å²) in [4.78, 5) is 38.1.